The SMILES string of the molecule is Cc1nnsc1C(=O)N/N=C/c1ccccc1OCC(=O)N1CCOCC1. The van der Waals surface area contributed by atoms with E-state index in [-0.39, 0.29) is 18.4 Å². The van der Waals surface area contributed by atoms with Gasteiger partial charge >= 0.3 is 0 Å². The number of morpholine rings is 1. The van der Waals surface area contributed by atoms with Gasteiger partial charge in [0, 0.05) is 18.7 Å². The zero-order chi connectivity index (χ0) is 19.1. The highest BCUT2D eigenvalue weighted by molar-refractivity contribution is 7.07. The van der Waals surface area contributed by atoms with Gasteiger partial charge in [0.1, 0.15) is 10.6 Å². The van der Waals surface area contributed by atoms with Crippen molar-refractivity contribution in [2.24, 2.45) is 5.10 Å². The van der Waals surface area contributed by atoms with Crippen LogP contribution >= 0.6 is 11.5 Å². The molecule has 0 spiro atoms. The second kappa shape index (κ2) is 9.19. The molecule has 1 aliphatic heterocycles. The van der Waals surface area contributed by atoms with Gasteiger partial charge in [-0.25, -0.2) is 5.43 Å². The molecule has 1 saturated heterocycles. The number of amides is 2. The number of hydrogen-bond donors (Lipinski definition) is 1. The minimum atomic E-state index is -0.375. The Labute approximate surface area is 160 Å². The van der Waals surface area contributed by atoms with Crippen molar-refractivity contribution in [3.8, 4) is 5.75 Å². The molecule has 27 heavy (non-hydrogen) atoms. The predicted molar refractivity (Wildman–Crippen MR) is 99.0 cm³/mol. The lowest BCUT2D eigenvalue weighted by molar-refractivity contribution is -0.137. The maximum absolute atomic E-state index is 12.2. The van der Waals surface area contributed by atoms with Gasteiger partial charge in [-0.05, 0) is 30.6 Å². The summed E-state index contributed by atoms with van der Waals surface area (Å²) in [7, 11) is 0. The van der Waals surface area contributed by atoms with E-state index >= 15 is 0 Å². The van der Waals surface area contributed by atoms with Crippen molar-refractivity contribution >= 4 is 29.6 Å². The summed E-state index contributed by atoms with van der Waals surface area (Å²) in [5, 5.41) is 7.74. The van der Waals surface area contributed by atoms with Crippen LogP contribution in [0.4, 0.5) is 0 Å². The number of para-hydroxylation sites is 1. The van der Waals surface area contributed by atoms with Crippen LogP contribution in [-0.2, 0) is 9.53 Å². The van der Waals surface area contributed by atoms with Crippen molar-refractivity contribution in [1.29, 1.82) is 0 Å². The summed E-state index contributed by atoms with van der Waals surface area (Å²) in [5.41, 5.74) is 3.63. The van der Waals surface area contributed by atoms with Crippen LogP contribution in [0.2, 0.25) is 0 Å². The van der Waals surface area contributed by atoms with Gasteiger partial charge in [0.05, 0.1) is 25.1 Å². The van der Waals surface area contributed by atoms with Crippen LogP contribution in [0.1, 0.15) is 20.9 Å². The second-order valence-corrected chi connectivity index (χ2v) is 6.46. The summed E-state index contributed by atoms with van der Waals surface area (Å²) < 4.78 is 14.6. The molecule has 142 valence electrons. The molecule has 1 aromatic carbocycles. The molecule has 1 fully saturated rings. The number of rotatable bonds is 6. The largest absolute Gasteiger partial charge is 0.483 e. The summed E-state index contributed by atoms with van der Waals surface area (Å²) in [5.74, 6) is 0.0407. The molecule has 0 radical (unpaired) electrons. The van der Waals surface area contributed by atoms with E-state index in [1.165, 1.54) is 6.21 Å². The molecule has 1 aromatic heterocycles. The van der Waals surface area contributed by atoms with Crippen molar-refractivity contribution in [2.75, 3.05) is 32.9 Å². The first kappa shape index (κ1) is 18.9. The van der Waals surface area contributed by atoms with E-state index in [9.17, 15) is 9.59 Å². The Morgan fingerprint density at radius 3 is 2.89 bits per heavy atom. The van der Waals surface area contributed by atoms with Crippen LogP contribution in [0, 0.1) is 6.92 Å². The highest BCUT2D eigenvalue weighted by Gasteiger charge is 2.17. The molecule has 3 rings (SSSR count). The summed E-state index contributed by atoms with van der Waals surface area (Å²) in [6, 6.07) is 7.14. The molecule has 1 N–H and O–H groups in total. The van der Waals surface area contributed by atoms with E-state index < -0.39 is 0 Å². The van der Waals surface area contributed by atoms with Gasteiger partial charge in [-0.15, -0.1) is 5.10 Å². The Morgan fingerprint density at radius 2 is 2.15 bits per heavy atom. The average Bonchev–Trinajstić information content (AvgIpc) is 3.13. The van der Waals surface area contributed by atoms with Crippen LogP contribution in [-0.4, -0.2) is 65.4 Å². The van der Waals surface area contributed by atoms with E-state index in [2.05, 4.69) is 20.1 Å². The lowest BCUT2D eigenvalue weighted by Gasteiger charge is -2.26. The van der Waals surface area contributed by atoms with E-state index in [0.717, 1.165) is 11.5 Å². The smallest absolute Gasteiger partial charge is 0.285 e. The number of hydrazone groups is 1. The first-order chi connectivity index (χ1) is 13.1. The number of hydrogen-bond acceptors (Lipinski definition) is 8. The molecule has 10 heteroatoms. The van der Waals surface area contributed by atoms with Crippen molar-refractivity contribution in [3.63, 3.8) is 0 Å². The number of ether oxygens (including phenoxy) is 2. The summed E-state index contributed by atoms with van der Waals surface area (Å²) in [6.45, 7) is 3.87. The van der Waals surface area contributed by atoms with E-state index in [1.54, 1.807) is 30.0 Å². The number of benzene rings is 1. The quantitative estimate of drug-likeness (QED) is 0.580. The normalized spacial score (nSPS) is 14.3. The fourth-order valence-electron chi connectivity index (χ4n) is 2.41. The predicted octanol–water partition coefficient (Wildman–Crippen LogP) is 0.848. The molecule has 2 amide bonds. The first-order valence-corrected chi connectivity index (χ1v) is 9.12. The second-order valence-electron chi connectivity index (χ2n) is 5.71. The molecule has 2 heterocycles. The molecular weight excluding hydrogens is 370 g/mol. The van der Waals surface area contributed by atoms with Crippen LogP contribution in [0.25, 0.3) is 0 Å². The zero-order valence-electron chi connectivity index (χ0n) is 14.8. The standard InChI is InChI=1S/C17H19N5O4S/c1-12-16(27-21-19-12)17(24)20-18-10-13-4-2-3-5-14(13)26-11-15(23)22-6-8-25-9-7-22/h2-5,10H,6-9,11H2,1H3,(H,20,24)/b18-10+. The minimum Gasteiger partial charge on any atom is -0.483 e. The lowest BCUT2D eigenvalue weighted by atomic mass is 10.2. The summed E-state index contributed by atoms with van der Waals surface area (Å²) >= 11 is 1.01. The maximum Gasteiger partial charge on any atom is 0.285 e. The van der Waals surface area contributed by atoms with E-state index in [4.69, 9.17) is 9.47 Å². The van der Waals surface area contributed by atoms with Crippen molar-refractivity contribution in [1.82, 2.24) is 19.9 Å². The Balaban J connectivity index is 1.57. The Hall–Kier alpha value is -2.85. The highest BCUT2D eigenvalue weighted by Crippen LogP contribution is 2.16. The van der Waals surface area contributed by atoms with Crippen molar-refractivity contribution < 1.29 is 19.1 Å². The fraction of sp³-hybridized carbons (Fsp3) is 0.353. The van der Waals surface area contributed by atoms with Gasteiger partial charge < -0.3 is 14.4 Å². The van der Waals surface area contributed by atoms with Gasteiger partial charge in [-0.2, -0.15) is 5.10 Å². The molecule has 9 nitrogen and oxygen atoms in total. The third-order valence-corrected chi connectivity index (χ3v) is 4.69. The van der Waals surface area contributed by atoms with Gasteiger partial charge in [0.15, 0.2) is 6.61 Å². The Kier molecular flexibility index (Phi) is 6.44. The minimum absolute atomic E-state index is 0.0665. The Morgan fingerprint density at radius 1 is 1.37 bits per heavy atom. The van der Waals surface area contributed by atoms with Gasteiger partial charge in [0.25, 0.3) is 11.8 Å². The third-order valence-electron chi connectivity index (χ3n) is 3.86. The monoisotopic (exact) mass is 389 g/mol. The molecule has 1 aliphatic rings. The van der Waals surface area contributed by atoms with Gasteiger partial charge in [0.2, 0.25) is 0 Å². The van der Waals surface area contributed by atoms with E-state index in [0.29, 0.717) is 48.2 Å². The first-order valence-electron chi connectivity index (χ1n) is 8.35. The average molecular weight is 389 g/mol. The third kappa shape index (κ3) is 5.08. The molecule has 2 aromatic rings. The van der Waals surface area contributed by atoms with Crippen LogP contribution < -0.4 is 10.2 Å². The molecule has 0 aliphatic carbocycles. The van der Waals surface area contributed by atoms with Gasteiger partial charge in [-0.1, -0.05) is 16.6 Å². The zero-order valence-corrected chi connectivity index (χ0v) is 15.6. The summed E-state index contributed by atoms with van der Waals surface area (Å²) in [4.78, 5) is 26.3. The number of nitrogens with one attached hydrogen (secondary N) is 1. The number of carbonyl (C=O) groups is 2. The number of aromatic nitrogens is 2. The highest BCUT2D eigenvalue weighted by atomic mass is 32.1. The van der Waals surface area contributed by atoms with E-state index in [1.807, 2.05) is 6.07 Å². The molecule has 0 saturated carbocycles. The maximum atomic E-state index is 12.2. The summed E-state index contributed by atoms with van der Waals surface area (Å²) in [6.07, 6.45) is 1.47. The fourth-order valence-corrected chi connectivity index (χ4v) is 2.96. The van der Waals surface area contributed by atoms with Crippen LogP contribution in [0.5, 0.6) is 5.75 Å². The molecule has 0 bridgehead atoms. The number of carbonyl (C=O) groups excluding carboxylic acids is 2. The van der Waals surface area contributed by atoms with Crippen LogP contribution in [0.3, 0.4) is 0 Å². The molecular formula is C17H19N5O4S. The van der Waals surface area contributed by atoms with Crippen LogP contribution in [0.15, 0.2) is 29.4 Å². The van der Waals surface area contributed by atoms with Gasteiger partial charge in [-0.3, -0.25) is 9.59 Å². The molecule has 0 unspecified atom stereocenters. The Bertz CT molecular complexity index is 832. The number of nitrogens with zero attached hydrogens (tertiary/aromatic N) is 4. The molecule has 0 atom stereocenters. The van der Waals surface area contributed by atoms with Crippen molar-refractivity contribution in [2.45, 2.75) is 6.92 Å². The topological polar surface area (TPSA) is 106 Å². The lowest BCUT2D eigenvalue weighted by Crippen LogP contribution is -2.43. The number of aryl methyl sites for hydroxylation is 1. The van der Waals surface area contributed by atoms with Crippen molar-refractivity contribution in [3.05, 3.63) is 40.4 Å².